The van der Waals surface area contributed by atoms with E-state index in [1.165, 1.54) is 0 Å². The van der Waals surface area contributed by atoms with Crippen molar-refractivity contribution in [3.8, 4) is 11.1 Å². The molecule has 2 aromatic heterocycles. The van der Waals surface area contributed by atoms with Gasteiger partial charge in [-0.15, -0.1) is 10.2 Å². The van der Waals surface area contributed by atoms with Gasteiger partial charge < -0.3 is 11.1 Å². The summed E-state index contributed by atoms with van der Waals surface area (Å²) in [4.78, 5) is 12.2. The van der Waals surface area contributed by atoms with Crippen LogP contribution in [0.1, 0.15) is 35.2 Å². The van der Waals surface area contributed by atoms with Gasteiger partial charge >= 0.3 is 0 Å². The number of nitrogens with one attached hydrogen (secondary N) is 2. The van der Waals surface area contributed by atoms with Gasteiger partial charge in [-0.2, -0.15) is 5.10 Å². The first-order chi connectivity index (χ1) is 11.5. The highest BCUT2D eigenvalue weighted by Gasteiger charge is 2.19. The summed E-state index contributed by atoms with van der Waals surface area (Å²) in [6.45, 7) is 6.45. The zero-order valence-corrected chi connectivity index (χ0v) is 14.0. The number of nitrogens with two attached hydrogens (primary N) is 1. The van der Waals surface area contributed by atoms with E-state index in [-0.39, 0.29) is 11.6 Å². The molecule has 1 aromatic carbocycles. The normalized spacial score (nSPS) is 11.0. The Hall–Kier alpha value is -2.96. The summed E-state index contributed by atoms with van der Waals surface area (Å²) in [5.41, 5.74) is 11.1. The minimum Gasteiger partial charge on any atom is -0.396 e. The van der Waals surface area contributed by atoms with Gasteiger partial charge in [0.2, 0.25) is 0 Å². The van der Waals surface area contributed by atoms with Crippen molar-refractivity contribution in [2.45, 2.75) is 27.2 Å². The molecular formula is C17H20N6O. The van der Waals surface area contributed by atoms with Crippen molar-refractivity contribution >= 4 is 22.5 Å². The Morgan fingerprint density at radius 3 is 2.75 bits per heavy atom. The van der Waals surface area contributed by atoms with Gasteiger partial charge in [-0.25, -0.2) is 0 Å². The van der Waals surface area contributed by atoms with Gasteiger partial charge in [-0.05, 0) is 20.3 Å². The number of H-pyrrole nitrogens is 1. The molecule has 0 aliphatic rings. The van der Waals surface area contributed by atoms with Crippen LogP contribution in [-0.4, -0.2) is 32.8 Å². The molecule has 0 saturated carbocycles. The molecule has 0 unspecified atom stereocenters. The van der Waals surface area contributed by atoms with Crippen LogP contribution < -0.4 is 11.1 Å². The Morgan fingerprint density at radius 1 is 1.29 bits per heavy atom. The SMILES string of the molecule is CCCNC(=O)c1nnc2c(-c3c(C)n[nH]c3C)cccc2c1N. The number of anilines is 1. The van der Waals surface area contributed by atoms with Crippen LogP contribution in [0, 0.1) is 13.8 Å². The molecule has 3 aromatic rings. The van der Waals surface area contributed by atoms with Crippen molar-refractivity contribution in [3.63, 3.8) is 0 Å². The van der Waals surface area contributed by atoms with Crippen molar-refractivity contribution in [1.29, 1.82) is 0 Å². The fourth-order valence-corrected chi connectivity index (χ4v) is 2.79. The van der Waals surface area contributed by atoms with Gasteiger partial charge in [0.15, 0.2) is 5.69 Å². The summed E-state index contributed by atoms with van der Waals surface area (Å²) in [6, 6.07) is 5.71. The van der Waals surface area contributed by atoms with Crippen molar-refractivity contribution in [3.05, 3.63) is 35.3 Å². The summed E-state index contributed by atoms with van der Waals surface area (Å²) in [6.07, 6.45) is 0.843. The highest BCUT2D eigenvalue weighted by molar-refractivity contribution is 6.07. The van der Waals surface area contributed by atoms with E-state index in [1.807, 2.05) is 39.0 Å². The van der Waals surface area contributed by atoms with Gasteiger partial charge in [-0.3, -0.25) is 9.89 Å². The summed E-state index contributed by atoms with van der Waals surface area (Å²) in [5, 5.41) is 19.0. The number of nitrogens with zero attached hydrogens (tertiary/aromatic N) is 3. The first-order valence-electron chi connectivity index (χ1n) is 7.89. The Morgan fingerprint density at radius 2 is 2.08 bits per heavy atom. The zero-order chi connectivity index (χ0) is 17.3. The first kappa shape index (κ1) is 15.9. The second kappa shape index (κ2) is 6.27. The smallest absolute Gasteiger partial charge is 0.273 e. The van der Waals surface area contributed by atoms with Crippen molar-refractivity contribution in [1.82, 2.24) is 25.7 Å². The lowest BCUT2D eigenvalue weighted by atomic mass is 10.00. The Labute approximate surface area is 139 Å². The number of aryl methyl sites for hydroxylation is 2. The molecule has 4 N–H and O–H groups in total. The summed E-state index contributed by atoms with van der Waals surface area (Å²) in [7, 11) is 0. The third-order valence-electron chi connectivity index (χ3n) is 3.98. The summed E-state index contributed by atoms with van der Waals surface area (Å²) >= 11 is 0. The maximum absolute atomic E-state index is 12.2. The monoisotopic (exact) mass is 324 g/mol. The van der Waals surface area contributed by atoms with E-state index < -0.39 is 0 Å². The molecule has 1 amide bonds. The molecule has 24 heavy (non-hydrogen) atoms. The Kier molecular flexibility index (Phi) is 4.16. The van der Waals surface area contributed by atoms with Crippen LogP contribution in [0.4, 0.5) is 5.69 Å². The number of nitrogen functional groups attached to an aromatic ring is 1. The van der Waals surface area contributed by atoms with Crippen molar-refractivity contribution < 1.29 is 4.79 Å². The van der Waals surface area contributed by atoms with Crippen LogP contribution in [-0.2, 0) is 0 Å². The Balaban J connectivity index is 2.16. The van der Waals surface area contributed by atoms with Crippen molar-refractivity contribution in [2.75, 3.05) is 12.3 Å². The maximum atomic E-state index is 12.2. The molecular weight excluding hydrogens is 304 g/mol. The highest BCUT2D eigenvalue weighted by Crippen LogP contribution is 2.33. The van der Waals surface area contributed by atoms with Crippen LogP contribution in [0.5, 0.6) is 0 Å². The number of fused-ring (bicyclic) bond motifs is 1. The lowest BCUT2D eigenvalue weighted by molar-refractivity contribution is 0.0949. The molecule has 0 atom stereocenters. The number of benzene rings is 1. The Bertz CT molecular complexity index is 895. The second-order valence-electron chi connectivity index (χ2n) is 5.73. The van der Waals surface area contributed by atoms with Crippen LogP contribution in [0.15, 0.2) is 18.2 Å². The number of rotatable bonds is 4. The van der Waals surface area contributed by atoms with Crippen LogP contribution in [0.25, 0.3) is 22.0 Å². The fraction of sp³-hybridized carbons (Fsp3) is 0.294. The van der Waals surface area contributed by atoms with E-state index in [4.69, 9.17) is 5.73 Å². The number of carbonyl (C=O) groups is 1. The topological polar surface area (TPSA) is 110 Å². The van der Waals surface area contributed by atoms with Gasteiger partial charge in [0, 0.05) is 28.8 Å². The predicted octanol–water partition coefficient (Wildman–Crippen LogP) is 2.36. The van der Waals surface area contributed by atoms with E-state index in [1.54, 1.807) is 0 Å². The lowest BCUT2D eigenvalue weighted by Crippen LogP contribution is -2.26. The molecule has 0 aliphatic carbocycles. The zero-order valence-electron chi connectivity index (χ0n) is 14.0. The van der Waals surface area contributed by atoms with E-state index in [2.05, 4.69) is 25.7 Å². The highest BCUT2D eigenvalue weighted by atomic mass is 16.1. The van der Waals surface area contributed by atoms with Crippen molar-refractivity contribution in [2.24, 2.45) is 0 Å². The molecule has 0 aliphatic heterocycles. The van der Waals surface area contributed by atoms with Gasteiger partial charge in [-0.1, -0.05) is 25.1 Å². The molecule has 3 rings (SSSR count). The molecule has 2 heterocycles. The number of hydrogen-bond donors (Lipinski definition) is 3. The number of hydrogen-bond acceptors (Lipinski definition) is 5. The number of aromatic nitrogens is 4. The number of carbonyl (C=O) groups excluding carboxylic acids is 1. The maximum Gasteiger partial charge on any atom is 0.273 e. The van der Waals surface area contributed by atoms with E-state index in [0.717, 1.165) is 28.9 Å². The quantitative estimate of drug-likeness (QED) is 0.682. The van der Waals surface area contributed by atoms with Crippen LogP contribution >= 0.6 is 0 Å². The van der Waals surface area contributed by atoms with Crippen LogP contribution in [0.2, 0.25) is 0 Å². The van der Waals surface area contributed by atoms with E-state index >= 15 is 0 Å². The standard InChI is InChI=1S/C17H20N6O/c1-4-8-19-17(24)16-14(18)12-7-5-6-11(15(12)22-23-16)13-9(2)20-21-10(13)3/h5-7H,4,8H2,1-3H3,(H2,18,22)(H,19,24)(H,20,21). The fourth-order valence-electron chi connectivity index (χ4n) is 2.79. The second-order valence-corrected chi connectivity index (χ2v) is 5.73. The van der Waals surface area contributed by atoms with Gasteiger partial charge in [0.05, 0.1) is 11.4 Å². The molecule has 7 nitrogen and oxygen atoms in total. The molecule has 124 valence electrons. The third kappa shape index (κ3) is 2.58. The van der Waals surface area contributed by atoms with E-state index in [9.17, 15) is 4.79 Å². The molecule has 0 bridgehead atoms. The number of amides is 1. The predicted molar refractivity (Wildman–Crippen MR) is 93.6 cm³/mol. The molecule has 7 heteroatoms. The summed E-state index contributed by atoms with van der Waals surface area (Å²) < 4.78 is 0. The van der Waals surface area contributed by atoms with E-state index in [0.29, 0.717) is 23.1 Å². The minimum absolute atomic E-state index is 0.161. The summed E-state index contributed by atoms with van der Waals surface area (Å²) in [5.74, 6) is -0.301. The lowest BCUT2D eigenvalue weighted by Gasteiger charge is -2.10. The average molecular weight is 324 g/mol. The third-order valence-corrected chi connectivity index (χ3v) is 3.98. The molecule has 0 spiro atoms. The largest absolute Gasteiger partial charge is 0.396 e. The molecule has 0 saturated heterocycles. The van der Waals surface area contributed by atoms with Crippen LogP contribution in [0.3, 0.4) is 0 Å². The number of aromatic amines is 1. The molecule has 0 radical (unpaired) electrons. The van der Waals surface area contributed by atoms with Gasteiger partial charge in [0.1, 0.15) is 5.52 Å². The van der Waals surface area contributed by atoms with Gasteiger partial charge in [0.25, 0.3) is 5.91 Å². The molecule has 0 fully saturated rings. The minimum atomic E-state index is -0.301. The average Bonchev–Trinajstić information content (AvgIpc) is 2.91. The first-order valence-corrected chi connectivity index (χ1v) is 7.89.